The van der Waals surface area contributed by atoms with E-state index in [2.05, 4.69) is 31.4 Å². The maximum atomic E-state index is 9.99. The molecule has 15 heavy (non-hydrogen) atoms. The van der Waals surface area contributed by atoms with Gasteiger partial charge in [0.25, 0.3) is 5.78 Å². The van der Waals surface area contributed by atoms with E-state index in [1.54, 1.807) is 5.43 Å². The first kappa shape index (κ1) is 10.6. The highest BCUT2D eigenvalue weighted by atomic mass is 16.7. The van der Waals surface area contributed by atoms with Gasteiger partial charge in [-0.3, -0.25) is 0 Å². The summed E-state index contributed by atoms with van der Waals surface area (Å²) in [6.45, 7) is 0. The molecule has 2 aromatic heterocycles. The Kier molecular flexibility index (Phi) is 3.31. The fourth-order valence-corrected chi connectivity index (χ4v) is 0.701. The van der Waals surface area contributed by atoms with Crippen molar-refractivity contribution in [3.05, 3.63) is 16.4 Å². The molecule has 12 nitrogen and oxygen atoms in total. The van der Waals surface area contributed by atoms with Crippen LogP contribution in [-0.2, 0) is 0 Å². The third-order valence-electron chi connectivity index (χ3n) is 1.14. The standard InChI is InChI=1S/C3H2N8O2.H3NO/c12-11(13)9-2-5-7-3-6-4-1-10(3)8-2;1-2/h1H,(H,8,9);2H,1H2. The highest BCUT2D eigenvalue weighted by Gasteiger charge is 2.05. The highest BCUT2D eigenvalue weighted by Crippen LogP contribution is 1.94. The molecular formula is C3H5N9O3. The lowest BCUT2D eigenvalue weighted by Crippen LogP contribution is -2.13. The number of nitrogens with two attached hydrogens (primary N) is 1. The van der Waals surface area contributed by atoms with Crippen molar-refractivity contribution < 1.29 is 10.2 Å². The van der Waals surface area contributed by atoms with Crippen LogP contribution in [0.3, 0.4) is 0 Å². The Labute approximate surface area is 80.8 Å². The lowest BCUT2D eigenvalue weighted by Gasteiger charge is -1.92. The molecule has 0 amide bonds. The normalized spacial score (nSPS) is 9.20. The zero-order chi connectivity index (χ0) is 11.3. The summed E-state index contributed by atoms with van der Waals surface area (Å²) in [5.74, 6) is 3.45. The van der Waals surface area contributed by atoms with Gasteiger partial charge in [-0.2, -0.15) is 4.52 Å². The molecule has 0 aliphatic heterocycles. The van der Waals surface area contributed by atoms with Crippen molar-refractivity contribution in [3.63, 3.8) is 0 Å². The van der Waals surface area contributed by atoms with Gasteiger partial charge in [0.1, 0.15) is 6.33 Å². The number of anilines is 1. The van der Waals surface area contributed by atoms with Crippen molar-refractivity contribution in [2.75, 3.05) is 5.43 Å². The largest absolute Gasteiger partial charge is 0.321 e. The molecule has 0 fully saturated rings. The van der Waals surface area contributed by atoms with Crippen LogP contribution in [0.15, 0.2) is 6.33 Å². The van der Waals surface area contributed by atoms with Crippen molar-refractivity contribution >= 4 is 11.7 Å². The van der Waals surface area contributed by atoms with Crippen LogP contribution in [0.25, 0.3) is 5.78 Å². The number of nitrogens with zero attached hydrogens (tertiary/aromatic N) is 7. The smallest absolute Gasteiger partial charge is 0.320 e. The number of rotatable bonds is 2. The molecule has 0 radical (unpaired) electrons. The summed E-state index contributed by atoms with van der Waals surface area (Å²) in [6.07, 6.45) is 1.26. The third-order valence-corrected chi connectivity index (χ3v) is 1.14. The van der Waals surface area contributed by atoms with Gasteiger partial charge in [-0.1, -0.05) is 5.43 Å². The Morgan fingerprint density at radius 2 is 2.20 bits per heavy atom. The monoisotopic (exact) mass is 215 g/mol. The number of hydrogen-bond acceptors (Lipinski definition) is 9. The average molecular weight is 215 g/mol. The maximum Gasteiger partial charge on any atom is 0.321 e. The summed E-state index contributed by atoms with van der Waals surface area (Å²) in [5, 5.41) is 33.2. The second kappa shape index (κ2) is 4.68. The van der Waals surface area contributed by atoms with Crippen molar-refractivity contribution in [3.8, 4) is 0 Å². The summed E-state index contributed by atoms with van der Waals surface area (Å²) in [4.78, 5) is 9.99. The molecule has 0 bridgehead atoms. The van der Waals surface area contributed by atoms with E-state index in [1.165, 1.54) is 10.8 Å². The summed E-state index contributed by atoms with van der Waals surface area (Å²) >= 11 is 0. The van der Waals surface area contributed by atoms with Crippen LogP contribution in [0.2, 0.25) is 0 Å². The van der Waals surface area contributed by atoms with E-state index in [4.69, 9.17) is 5.21 Å². The minimum Gasteiger partial charge on any atom is -0.320 e. The molecule has 2 rings (SSSR count). The number of nitro groups is 1. The van der Waals surface area contributed by atoms with Crippen LogP contribution in [0.1, 0.15) is 0 Å². The predicted octanol–water partition coefficient (Wildman–Crippen LogP) is -2.15. The zero-order valence-electron chi connectivity index (χ0n) is 7.05. The van der Waals surface area contributed by atoms with E-state index in [-0.39, 0.29) is 11.7 Å². The molecule has 12 heteroatoms. The molecule has 80 valence electrons. The number of hydrogen-bond donors (Lipinski definition) is 3. The second-order valence-corrected chi connectivity index (χ2v) is 1.97. The lowest BCUT2D eigenvalue weighted by molar-refractivity contribution is -0.446. The van der Waals surface area contributed by atoms with Crippen LogP contribution >= 0.6 is 0 Å². The number of nitrogens with one attached hydrogen (secondary N) is 1. The van der Waals surface area contributed by atoms with Gasteiger partial charge in [-0.15, -0.1) is 25.5 Å². The second-order valence-electron chi connectivity index (χ2n) is 1.97. The van der Waals surface area contributed by atoms with Crippen molar-refractivity contribution in [2.24, 2.45) is 5.90 Å². The Bertz CT molecular complexity index is 453. The minimum absolute atomic E-state index is 0.175. The minimum atomic E-state index is -0.785. The van der Waals surface area contributed by atoms with Gasteiger partial charge in [-0.25, -0.2) is 16.0 Å². The van der Waals surface area contributed by atoms with E-state index < -0.39 is 5.03 Å². The Hall–Kier alpha value is -2.47. The lowest BCUT2D eigenvalue weighted by atomic mass is 11.0. The van der Waals surface area contributed by atoms with Crippen LogP contribution in [0.5, 0.6) is 0 Å². The number of hydrazine groups is 1. The van der Waals surface area contributed by atoms with E-state index in [0.717, 1.165) is 0 Å². The highest BCUT2D eigenvalue weighted by molar-refractivity contribution is 5.24. The summed E-state index contributed by atoms with van der Waals surface area (Å²) in [5.41, 5.74) is 1.75. The SMILES string of the molecule is NO.O=[N+]([O-])Nc1nnc2nncn2n1. The quantitative estimate of drug-likeness (QED) is 0.370. The molecule has 0 unspecified atom stereocenters. The molecule has 2 heterocycles. The summed E-state index contributed by atoms with van der Waals surface area (Å²) < 4.78 is 1.17. The summed E-state index contributed by atoms with van der Waals surface area (Å²) in [6, 6.07) is 0. The molecule has 0 aliphatic carbocycles. The molecule has 0 spiro atoms. The van der Waals surface area contributed by atoms with Crippen LogP contribution in [0, 0.1) is 10.1 Å². The van der Waals surface area contributed by atoms with Gasteiger partial charge < -0.3 is 5.21 Å². The molecular weight excluding hydrogens is 210 g/mol. The van der Waals surface area contributed by atoms with Gasteiger partial charge in [0, 0.05) is 0 Å². The Balaban J connectivity index is 0.000000531. The molecule has 4 N–H and O–H groups in total. The molecule has 0 atom stereocenters. The molecule has 0 aliphatic rings. The molecule has 0 aromatic carbocycles. The van der Waals surface area contributed by atoms with Crippen LogP contribution in [0.4, 0.5) is 5.95 Å². The summed E-state index contributed by atoms with van der Waals surface area (Å²) in [7, 11) is 0. The fraction of sp³-hybridized carbons (Fsp3) is 0. The third kappa shape index (κ3) is 2.48. The first-order valence-electron chi connectivity index (χ1n) is 3.33. The number of fused-ring (bicyclic) bond motifs is 1. The van der Waals surface area contributed by atoms with Gasteiger partial charge >= 0.3 is 5.95 Å². The fourth-order valence-electron chi connectivity index (χ4n) is 0.701. The van der Waals surface area contributed by atoms with E-state index in [0.29, 0.717) is 0 Å². The van der Waals surface area contributed by atoms with Crippen molar-refractivity contribution in [1.29, 1.82) is 0 Å². The van der Waals surface area contributed by atoms with Gasteiger partial charge in [0.05, 0.1) is 0 Å². The van der Waals surface area contributed by atoms with Crippen molar-refractivity contribution in [1.82, 2.24) is 30.0 Å². The van der Waals surface area contributed by atoms with Gasteiger partial charge in [-0.05, 0) is 0 Å². The maximum absolute atomic E-state index is 9.99. The Morgan fingerprint density at radius 1 is 1.47 bits per heavy atom. The molecule has 0 saturated carbocycles. The van der Waals surface area contributed by atoms with Crippen molar-refractivity contribution in [2.45, 2.75) is 0 Å². The average Bonchev–Trinajstić information content (AvgIpc) is 2.67. The molecule has 2 aromatic rings. The molecule has 0 saturated heterocycles. The van der Waals surface area contributed by atoms with E-state index >= 15 is 0 Å². The van der Waals surface area contributed by atoms with Crippen LogP contribution < -0.4 is 11.3 Å². The first-order valence-corrected chi connectivity index (χ1v) is 3.33. The van der Waals surface area contributed by atoms with E-state index in [9.17, 15) is 10.1 Å². The van der Waals surface area contributed by atoms with Gasteiger partial charge in [0.2, 0.25) is 0 Å². The van der Waals surface area contributed by atoms with Crippen LogP contribution in [-0.4, -0.2) is 40.2 Å². The van der Waals surface area contributed by atoms with E-state index in [1.807, 2.05) is 0 Å². The van der Waals surface area contributed by atoms with Gasteiger partial charge in [0.15, 0.2) is 5.03 Å². The Morgan fingerprint density at radius 3 is 2.87 bits per heavy atom. The first-order chi connectivity index (χ1) is 7.25. The predicted molar refractivity (Wildman–Crippen MR) is 43.0 cm³/mol. The number of aromatic nitrogens is 6. The zero-order valence-corrected chi connectivity index (χ0v) is 7.05. The topological polar surface area (TPSA) is 170 Å².